The molecule has 1 aromatic heterocycles. The van der Waals surface area contributed by atoms with Crippen molar-refractivity contribution in [1.29, 1.82) is 0 Å². The highest BCUT2D eigenvalue weighted by Gasteiger charge is 2.51. The van der Waals surface area contributed by atoms with E-state index < -0.39 is 41.8 Å². The van der Waals surface area contributed by atoms with Crippen LogP contribution in [-0.4, -0.2) is 38.7 Å². The summed E-state index contributed by atoms with van der Waals surface area (Å²) >= 11 is 3.51. The molecule has 0 saturated carbocycles. The van der Waals surface area contributed by atoms with E-state index in [0.29, 0.717) is 21.2 Å². The summed E-state index contributed by atoms with van der Waals surface area (Å²) in [6.07, 6.45) is 3.13. The first-order chi connectivity index (χ1) is 20.0. The number of piperidine rings is 1. The van der Waals surface area contributed by atoms with Gasteiger partial charge >= 0.3 is 11.9 Å². The minimum atomic E-state index is -1.25. The number of rotatable bonds is 9. The standard InChI is InChI=1S/C31H32BrN3O7/c1-18(2)30(37)41-25-12-11-21(14-26(25)42-31(38)19(3)4)28-29(35(39)40)23(22-9-5-6-10-24(22)32)15-27(36)34(28)17-20-8-7-13-33-16-20/h5-14,16,18-19,23,28-29H,15,17H2,1-4H3/t23-,28+,29-/m1/s1. The molecular weight excluding hydrogens is 606 g/mol. The van der Waals surface area contributed by atoms with Gasteiger partial charge in [0.25, 0.3) is 0 Å². The van der Waals surface area contributed by atoms with Gasteiger partial charge in [-0.1, -0.05) is 74.0 Å². The second-order valence-electron chi connectivity index (χ2n) is 10.8. The lowest BCUT2D eigenvalue weighted by Gasteiger charge is -2.41. The van der Waals surface area contributed by atoms with E-state index in [1.165, 1.54) is 17.0 Å². The van der Waals surface area contributed by atoms with Gasteiger partial charge in [0.1, 0.15) is 6.04 Å². The maximum atomic E-state index is 13.8. The first kappa shape index (κ1) is 30.8. The van der Waals surface area contributed by atoms with Crippen LogP contribution in [-0.2, 0) is 20.9 Å². The molecule has 3 atom stereocenters. The number of halogens is 1. The van der Waals surface area contributed by atoms with E-state index in [0.717, 1.165) is 0 Å². The van der Waals surface area contributed by atoms with Gasteiger partial charge in [-0.25, -0.2) is 0 Å². The zero-order chi connectivity index (χ0) is 30.6. The molecule has 3 aromatic rings. The Morgan fingerprint density at radius 2 is 1.69 bits per heavy atom. The molecule has 1 amide bonds. The molecule has 1 saturated heterocycles. The van der Waals surface area contributed by atoms with Crippen LogP contribution in [0.1, 0.15) is 62.8 Å². The van der Waals surface area contributed by atoms with E-state index in [1.54, 1.807) is 82.6 Å². The predicted molar refractivity (Wildman–Crippen MR) is 157 cm³/mol. The fourth-order valence-electron chi connectivity index (χ4n) is 4.89. The molecule has 0 aliphatic carbocycles. The number of esters is 2. The molecule has 4 rings (SSSR count). The average molecular weight is 639 g/mol. The molecule has 10 nitrogen and oxygen atoms in total. The number of amides is 1. The molecule has 220 valence electrons. The largest absolute Gasteiger partial charge is 0.422 e. The summed E-state index contributed by atoms with van der Waals surface area (Å²) in [5.74, 6) is -3.13. The molecule has 0 bridgehead atoms. The first-order valence-electron chi connectivity index (χ1n) is 13.6. The fourth-order valence-corrected chi connectivity index (χ4v) is 5.47. The van der Waals surface area contributed by atoms with E-state index in [9.17, 15) is 24.5 Å². The zero-order valence-electron chi connectivity index (χ0n) is 23.7. The lowest BCUT2D eigenvalue weighted by atomic mass is 9.78. The highest BCUT2D eigenvalue weighted by Crippen LogP contribution is 2.46. The van der Waals surface area contributed by atoms with Crippen molar-refractivity contribution >= 4 is 33.8 Å². The molecule has 42 heavy (non-hydrogen) atoms. The Balaban J connectivity index is 1.88. The van der Waals surface area contributed by atoms with E-state index in [4.69, 9.17) is 9.47 Å². The van der Waals surface area contributed by atoms with Crippen LogP contribution in [0.5, 0.6) is 11.5 Å². The van der Waals surface area contributed by atoms with Crippen LogP contribution >= 0.6 is 15.9 Å². The van der Waals surface area contributed by atoms with Gasteiger partial charge in [-0.05, 0) is 41.0 Å². The Morgan fingerprint density at radius 1 is 1.02 bits per heavy atom. The number of hydrogen-bond acceptors (Lipinski definition) is 8. The van der Waals surface area contributed by atoms with Gasteiger partial charge in [0.05, 0.1) is 17.8 Å². The Bertz CT molecular complexity index is 1480. The average Bonchev–Trinajstić information content (AvgIpc) is 2.95. The molecular formula is C31H32BrN3O7. The van der Waals surface area contributed by atoms with Crippen LogP contribution in [0.4, 0.5) is 0 Å². The maximum absolute atomic E-state index is 13.8. The van der Waals surface area contributed by atoms with Crippen molar-refractivity contribution in [2.24, 2.45) is 11.8 Å². The quantitative estimate of drug-likeness (QED) is 0.123. The van der Waals surface area contributed by atoms with Crippen LogP contribution in [0.3, 0.4) is 0 Å². The summed E-state index contributed by atoms with van der Waals surface area (Å²) in [5.41, 5.74) is 1.71. The van der Waals surface area contributed by atoms with Crippen molar-refractivity contribution in [1.82, 2.24) is 9.88 Å². The van der Waals surface area contributed by atoms with Gasteiger partial charge in [0.15, 0.2) is 11.5 Å². The second kappa shape index (κ2) is 13.2. The van der Waals surface area contributed by atoms with Crippen LogP contribution in [0.15, 0.2) is 71.5 Å². The van der Waals surface area contributed by atoms with E-state index in [2.05, 4.69) is 20.9 Å². The van der Waals surface area contributed by atoms with Gasteiger partial charge in [0, 0.05) is 34.8 Å². The molecule has 2 heterocycles. The number of likely N-dealkylation sites (tertiary alicyclic amines) is 1. The predicted octanol–water partition coefficient (Wildman–Crippen LogP) is 5.87. The third-order valence-electron chi connectivity index (χ3n) is 7.08. The van der Waals surface area contributed by atoms with Gasteiger partial charge < -0.3 is 14.4 Å². The minimum Gasteiger partial charge on any atom is -0.422 e. The van der Waals surface area contributed by atoms with Crippen molar-refractivity contribution in [3.05, 3.63) is 98.3 Å². The smallest absolute Gasteiger partial charge is 0.313 e. The highest BCUT2D eigenvalue weighted by atomic mass is 79.9. The summed E-state index contributed by atoms with van der Waals surface area (Å²) in [5, 5.41) is 12.9. The Morgan fingerprint density at radius 3 is 2.29 bits per heavy atom. The Kier molecular flexibility index (Phi) is 9.72. The zero-order valence-corrected chi connectivity index (χ0v) is 25.3. The van der Waals surface area contributed by atoms with Gasteiger partial charge in [-0.3, -0.25) is 29.5 Å². The number of nitrogens with zero attached hydrogens (tertiary/aromatic N) is 3. The number of aromatic nitrogens is 1. The van der Waals surface area contributed by atoms with Gasteiger partial charge in [-0.15, -0.1) is 0 Å². The SMILES string of the molecule is CC(C)C(=O)Oc1ccc([C@H]2[C@H]([N+](=O)[O-])[C@@H](c3ccccc3Br)CC(=O)N2Cc2cccnc2)cc1OC(=O)C(C)C. The van der Waals surface area contributed by atoms with Crippen LogP contribution < -0.4 is 9.47 Å². The molecule has 0 N–H and O–H groups in total. The third-order valence-corrected chi connectivity index (χ3v) is 7.81. The number of carbonyl (C=O) groups is 3. The Labute approximate surface area is 252 Å². The monoisotopic (exact) mass is 637 g/mol. The lowest BCUT2D eigenvalue weighted by molar-refractivity contribution is -0.537. The van der Waals surface area contributed by atoms with Crippen molar-refractivity contribution in [3.63, 3.8) is 0 Å². The number of pyridine rings is 1. The highest BCUT2D eigenvalue weighted by molar-refractivity contribution is 9.10. The third kappa shape index (κ3) is 6.84. The van der Waals surface area contributed by atoms with Gasteiger partial charge in [0.2, 0.25) is 11.9 Å². The van der Waals surface area contributed by atoms with Crippen LogP contribution in [0.2, 0.25) is 0 Å². The molecule has 1 fully saturated rings. The van der Waals surface area contributed by atoms with E-state index >= 15 is 0 Å². The summed E-state index contributed by atoms with van der Waals surface area (Å²) < 4.78 is 11.8. The number of benzene rings is 2. The Hall–Kier alpha value is -4.12. The van der Waals surface area contributed by atoms with Crippen molar-refractivity contribution in [2.75, 3.05) is 0 Å². The number of carbonyl (C=O) groups excluding carboxylic acids is 3. The first-order valence-corrected chi connectivity index (χ1v) is 14.4. The van der Waals surface area contributed by atoms with E-state index in [1.807, 2.05) is 0 Å². The number of hydrogen-bond donors (Lipinski definition) is 0. The van der Waals surface area contributed by atoms with Crippen molar-refractivity contribution in [3.8, 4) is 11.5 Å². The van der Waals surface area contributed by atoms with Crippen LogP contribution in [0.25, 0.3) is 0 Å². The maximum Gasteiger partial charge on any atom is 0.313 e. The fraction of sp³-hybridized carbons (Fsp3) is 0.355. The van der Waals surface area contributed by atoms with Crippen LogP contribution in [0, 0.1) is 22.0 Å². The molecule has 2 aromatic carbocycles. The molecule has 1 aliphatic rings. The van der Waals surface area contributed by atoms with Crippen molar-refractivity contribution < 1.29 is 28.8 Å². The van der Waals surface area contributed by atoms with E-state index in [-0.39, 0.29) is 35.3 Å². The summed E-state index contributed by atoms with van der Waals surface area (Å²) in [6, 6.07) is 12.8. The second-order valence-corrected chi connectivity index (χ2v) is 11.6. The summed E-state index contributed by atoms with van der Waals surface area (Å²) in [4.78, 5) is 57.0. The molecule has 1 aliphatic heterocycles. The summed E-state index contributed by atoms with van der Waals surface area (Å²) in [7, 11) is 0. The molecule has 0 radical (unpaired) electrons. The van der Waals surface area contributed by atoms with Gasteiger partial charge in [-0.2, -0.15) is 0 Å². The molecule has 0 unspecified atom stereocenters. The minimum absolute atomic E-state index is 0.00685. The van der Waals surface area contributed by atoms with Crippen molar-refractivity contribution in [2.45, 2.75) is 58.7 Å². The lowest BCUT2D eigenvalue weighted by Crippen LogP contribution is -2.51. The summed E-state index contributed by atoms with van der Waals surface area (Å²) in [6.45, 7) is 6.74. The number of nitro groups is 1. The topological polar surface area (TPSA) is 129 Å². The number of ether oxygens (including phenoxy) is 2. The molecule has 0 spiro atoms. The normalized spacial score (nSPS) is 18.7. The molecule has 11 heteroatoms.